The number of benzene rings is 1. The Kier molecular flexibility index (Phi) is 5.34. The van der Waals surface area contributed by atoms with Crippen molar-refractivity contribution in [2.24, 2.45) is 0 Å². The average molecular weight is 285 g/mol. The minimum atomic E-state index is 0.505. The fourth-order valence-electron chi connectivity index (χ4n) is 3.09. The SMILES string of the molecule is c1ccc(CCCCOC(=C2CC2)C2CCCCN2)cc1. The lowest BCUT2D eigenvalue weighted by Crippen LogP contribution is -2.36. The average Bonchev–Trinajstić information content (AvgIpc) is 3.37. The Morgan fingerprint density at radius 1 is 1.10 bits per heavy atom. The first kappa shape index (κ1) is 14.6. The zero-order valence-electron chi connectivity index (χ0n) is 12.9. The molecule has 0 bridgehead atoms. The summed E-state index contributed by atoms with van der Waals surface area (Å²) in [6, 6.07) is 11.3. The van der Waals surface area contributed by atoms with Gasteiger partial charge in [-0.2, -0.15) is 0 Å². The molecule has 2 heteroatoms. The summed E-state index contributed by atoms with van der Waals surface area (Å²) < 4.78 is 6.16. The smallest absolute Gasteiger partial charge is 0.112 e. The van der Waals surface area contributed by atoms with Gasteiger partial charge in [0.25, 0.3) is 0 Å². The minimum absolute atomic E-state index is 0.505. The molecular formula is C19H27NO. The van der Waals surface area contributed by atoms with Gasteiger partial charge >= 0.3 is 0 Å². The number of piperidine rings is 1. The molecule has 1 N–H and O–H groups in total. The highest BCUT2D eigenvalue weighted by atomic mass is 16.5. The zero-order valence-corrected chi connectivity index (χ0v) is 12.9. The van der Waals surface area contributed by atoms with E-state index in [1.165, 1.54) is 49.8 Å². The van der Waals surface area contributed by atoms with Crippen molar-refractivity contribution >= 4 is 0 Å². The van der Waals surface area contributed by atoms with Crippen LogP contribution in [0.15, 0.2) is 41.7 Å². The van der Waals surface area contributed by atoms with Crippen molar-refractivity contribution in [2.75, 3.05) is 13.2 Å². The van der Waals surface area contributed by atoms with E-state index in [0.29, 0.717) is 6.04 Å². The second-order valence-corrected chi connectivity index (χ2v) is 6.26. The van der Waals surface area contributed by atoms with E-state index < -0.39 is 0 Å². The highest BCUT2D eigenvalue weighted by Gasteiger charge is 2.26. The third-order valence-electron chi connectivity index (χ3n) is 4.44. The van der Waals surface area contributed by atoms with Gasteiger partial charge in [-0.05, 0) is 62.6 Å². The Hall–Kier alpha value is -1.28. The summed E-state index contributed by atoms with van der Waals surface area (Å²) in [5.41, 5.74) is 3.00. The molecule has 1 saturated heterocycles. The maximum absolute atomic E-state index is 6.16. The normalized spacial score (nSPS) is 21.1. The summed E-state index contributed by atoms with van der Waals surface area (Å²) in [6.45, 7) is 2.03. The molecule has 21 heavy (non-hydrogen) atoms. The molecule has 1 aliphatic carbocycles. The minimum Gasteiger partial charge on any atom is -0.496 e. The summed E-state index contributed by atoms with van der Waals surface area (Å²) in [4.78, 5) is 0. The Bertz CT molecular complexity index is 454. The van der Waals surface area contributed by atoms with E-state index >= 15 is 0 Å². The third-order valence-corrected chi connectivity index (χ3v) is 4.44. The maximum Gasteiger partial charge on any atom is 0.112 e. The predicted molar refractivity (Wildman–Crippen MR) is 87.2 cm³/mol. The van der Waals surface area contributed by atoms with Gasteiger partial charge in [-0.25, -0.2) is 0 Å². The van der Waals surface area contributed by atoms with E-state index in [4.69, 9.17) is 4.74 Å². The van der Waals surface area contributed by atoms with Gasteiger partial charge in [-0.3, -0.25) is 0 Å². The first-order valence-corrected chi connectivity index (χ1v) is 8.55. The van der Waals surface area contributed by atoms with Gasteiger partial charge in [0.15, 0.2) is 0 Å². The number of ether oxygens (including phenoxy) is 1. The van der Waals surface area contributed by atoms with Gasteiger partial charge in [-0.15, -0.1) is 0 Å². The van der Waals surface area contributed by atoms with E-state index in [9.17, 15) is 0 Å². The molecule has 0 amide bonds. The van der Waals surface area contributed by atoms with Crippen LogP contribution in [0.4, 0.5) is 0 Å². The molecule has 0 radical (unpaired) electrons. The van der Waals surface area contributed by atoms with E-state index in [0.717, 1.165) is 26.0 Å². The van der Waals surface area contributed by atoms with E-state index in [2.05, 4.69) is 35.6 Å². The number of allylic oxidation sites excluding steroid dienone is 1. The molecule has 1 saturated carbocycles. The van der Waals surface area contributed by atoms with Crippen molar-refractivity contribution in [2.45, 2.75) is 57.4 Å². The summed E-state index contributed by atoms with van der Waals surface area (Å²) >= 11 is 0. The topological polar surface area (TPSA) is 21.3 Å². The van der Waals surface area contributed by atoms with Crippen molar-refractivity contribution in [1.82, 2.24) is 5.32 Å². The molecule has 1 unspecified atom stereocenters. The number of hydrogen-bond acceptors (Lipinski definition) is 2. The van der Waals surface area contributed by atoms with Crippen molar-refractivity contribution in [3.8, 4) is 0 Å². The quantitative estimate of drug-likeness (QED) is 0.598. The molecule has 1 heterocycles. The lowest BCUT2D eigenvalue weighted by Gasteiger charge is -2.26. The fourth-order valence-corrected chi connectivity index (χ4v) is 3.09. The van der Waals surface area contributed by atoms with Gasteiger partial charge < -0.3 is 10.1 Å². The van der Waals surface area contributed by atoms with Gasteiger partial charge in [0.05, 0.1) is 12.6 Å². The molecule has 1 atom stereocenters. The van der Waals surface area contributed by atoms with Crippen LogP contribution in [0, 0.1) is 0 Å². The summed E-state index contributed by atoms with van der Waals surface area (Å²) in [5.74, 6) is 1.30. The monoisotopic (exact) mass is 285 g/mol. The van der Waals surface area contributed by atoms with Gasteiger partial charge in [0, 0.05) is 0 Å². The number of aryl methyl sites for hydroxylation is 1. The number of hydrogen-bond donors (Lipinski definition) is 1. The molecular weight excluding hydrogens is 258 g/mol. The molecule has 0 spiro atoms. The zero-order chi connectivity index (χ0) is 14.3. The molecule has 2 nitrogen and oxygen atoms in total. The Morgan fingerprint density at radius 3 is 2.67 bits per heavy atom. The molecule has 1 aromatic rings. The molecule has 0 aromatic heterocycles. The molecule has 2 fully saturated rings. The lowest BCUT2D eigenvalue weighted by molar-refractivity contribution is 0.169. The number of rotatable bonds is 7. The van der Waals surface area contributed by atoms with E-state index in [1.807, 2.05) is 0 Å². The first-order chi connectivity index (χ1) is 10.4. The van der Waals surface area contributed by atoms with Crippen molar-refractivity contribution < 1.29 is 4.74 Å². The second kappa shape index (κ2) is 7.65. The highest BCUT2D eigenvalue weighted by molar-refractivity contribution is 5.25. The van der Waals surface area contributed by atoms with Crippen molar-refractivity contribution in [3.63, 3.8) is 0 Å². The van der Waals surface area contributed by atoms with Crippen LogP contribution in [0.25, 0.3) is 0 Å². The van der Waals surface area contributed by atoms with Gasteiger partial charge in [0.2, 0.25) is 0 Å². The van der Waals surface area contributed by atoms with Crippen molar-refractivity contribution in [3.05, 3.63) is 47.2 Å². The molecule has 2 aliphatic rings. The Labute approximate surface area is 128 Å². The number of unbranched alkanes of at least 4 members (excludes halogenated alkanes) is 1. The van der Waals surface area contributed by atoms with Gasteiger partial charge in [-0.1, -0.05) is 36.8 Å². The molecule has 1 aliphatic heterocycles. The van der Waals surface area contributed by atoms with Crippen LogP contribution in [-0.4, -0.2) is 19.2 Å². The standard InChI is InChI=1S/C19H27NO/c1-2-8-16(9-3-1)10-5-7-15-21-19(17-12-13-17)18-11-4-6-14-20-18/h1-3,8-9,18,20H,4-7,10-15H2. The molecule has 114 valence electrons. The highest BCUT2D eigenvalue weighted by Crippen LogP contribution is 2.35. The molecule has 1 aromatic carbocycles. The fraction of sp³-hybridized carbons (Fsp3) is 0.579. The Morgan fingerprint density at radius 2 is 1.95 bits per heavy atom. The third kappa shape index (κ3) is 4.60. The van der Waals surface area contributed by atoms with E-state index in [1.54, 1.807) is 5.57 Å². The largest absolute Gasteiger partial charge is 0.496 e. The predicted octanol–water partition coefficient (Wildman–Crippen LogP) is 4.22. The van der Waals surface area contributed by atoms with Crippen LogP contribution < -0.4 is 5.32 Å². The van der Waals surface area contributed by atoms with Crippen LogP contribution in [0.2, 0.25) is 0 Å². The Balaban J connectivity index is 1.38. The van der Waals surface area contributed by atoms with Crippen LogP contribution in [0.3, 0.4) is 0 Å². The van der Waals surface area contributed by atoms with Crippen LogP contribution >= 0.6 is 0 Å². The van der Waals surface area contributed by atoms with E-state index in [-0.39, 0.29) is 0 Å². The first-order valence-electron chi connectivity index (χ1n) is 8.55. The van der Waals surface area contributed by atoms with Crippen molar-refractivity contribution in [1.29, 1.82) is 0 Å². The summed E-state index contributed by atoms with van der Waals surface area (Å²) in [5, 5.41) is 3.62. The van der Waals surface area contributed by atoms with Crippen LogP contribution in [0.1, 0.15) is 50.5 Å². The lowest BCUT2D eigenvalue weighted by atomic mass is 10.0. The van der Waals surface area contributed by atoms with Crippen LogP contribution in [0.5, 0.6) is 0 Å². The summed E-state index contributed by atoms with van der Waals surface area (Å²) in [6.07, 6.45) is 9.96. The number of nitrogens with one attached hydrogen (secondary N) is 1. The maximum atomic E-state index is 6.16. The molecule has 3 rings (SSSR count). The second-order valence-electron chi connectivity index (χ2n) is 6.26. The van der Waals surface area contributed by atoms with Gasteiger partial charge in [0.1, 0.15) is 5.76 Å². The summed E-state index contributed by atoms with van der Waals surface area (Å²) in [7, 11) is 0. The van der Waals surface area contributed by atoms with Crippen LogP contribution in [-0.2, 0) is 11.2 Å².